The van der Waals surface area contributed by atoms with Crippen LogP contribution in [0, 0.1) is 6.92 Å². The molecule has 4 nitrogen and oxygen atoms in total. The van der Waals surface area contributed by atoms with Crippen molar-refractivity contribution in [3.63, 3.8) is 0 Å². The Kier molecular flexibility index (Phi) is 5.01. The number of rotatable bonds is 6. The number of aliphatic carboxylic acids is 1. The van der Waals surface area contributed by atoms with Crippen LogP contribution in [0.5, 0.6) is 0 Å². The Morgan fingerprint density at radius 2 is 2.15 bits per heavy atom. The number of benzene rings is 1. The highest BCUT2D eigenvalue weighted by Gasteiger charge is 2.24. The Labute approximate surface area is 120 Å². The van der Waals surface area contributed by atoms with Gasteiger partial charge in [0.05, 0.1) is 18.6 Å². The molecule has 1 aromatic rings. The van der Waals surface area contributed by atoms with Crippen LogP contribution in [0.1, 0.15) is 31.7 Å². The maximum atomic E-state index is 10.9. The molecule has 1 N–H and O–H groups in total. The van der Waals surface area contributed by atoms with Crippen LogP contribution < -0.4 is 4.90 Å². The molecule has 0 aliphatic carbocycles. The molecule has 2 atom stereocenters. The van der Waals surface area contributed by atoms with Crippen molar-refractivity contribution in [3.05, 3.63) is 29.8 Å². The van der Waals surface area contributed by atoms with E-state index in [1.54, 1.807) is 0 Å². The average molecular weight is 277 g/mol. The molecule has 1 saturated heterocycles. The summed E-state index contributed by atoms with van der Waals surface area (Å²) in [5, 5.41) is 8.92. The zero-order valence-corrected chi connectivity index (χ0v) is 12.2. The van der Waals surface area contributed by atoms with E-state index >= 15 is 0 Å². The molecule has 0 radical (unpaired) electrons. The van der Waals surface area contributed by atoms with Gasteiger partial charge in [0.15, 0.2) is 0 Å². The van der Waals surface area contributed by atoms with Gasteiger partial charge in [-0.15, -0.1) is 0 Å². The van der Waals surface area contributed by atoms with Crippen molar-refractivity contribution in [2.24, 2.45) is 0 Å². The summed E-state index contributed by atoms with van der Waals surface area (Å²) in [6, 6.07) is 8.10. The summed E-state index contributed by atoms with van der Waals surface area (Å²) in [6.45, 7) is 5.44. The predicted octanol–water partition coefficient (Wildman–Crippen LogP) is 2.84. The number of anilines is 1. The number of carboxylic acid groups (broad SMARTS) is 1. The molecule has 0 saturated carbocycles. The van der Waals surface area contributed by atoms with E-state index in [1.807, 2.05) is 12.1 Å². The van der Waals surface area contributed by atoms with Crippen LogP contribution in [0.15, 0.2) is 24.3 Å². The highest BCUT2D eigenvalue weighted by Crippen LogP contribution is 2.25. The molecule has 20 heavy (non-hydrogen) atoms. The quantitative estimate of drug-likeness (QED) is 0.868. The van der Waals surface area contributed by atoms with E-state index in [9.17, 15) is 4.79 Å². The second-order valence-electron chi connectivity index (χ2n) is 5.52. The summed E-state index contributed by atoms with van der Waals surface area (Å²) >= 11 is 0. The van der Waals surface area contributed by atoms with E-state index in [-0.39, 0.29) is 12.5 Å². The first-order valence-corrected chi connectivity index (χ1v) is 7.24. The van der Waals surface area contributed by atoms with Gasteiger partial charge >= 0.3 is 5.97 Å². The van der Waals surface area contributed by atoms with Gasteiger partial charge in [-0.1, -0.05) is 18.2 Å². The molecular weight excluding hydrogens is 254 g/mol. The van der Waals surface area contributed by atoms with Crippen LogP contribution in [0.4, 0.5) is 5.69 Å². The summed E-state index contributed by atoms with van der Waals surface area (Å²) in [5.74, 6) is -0.760. The van der Waals surface area contributed by atoms with E-state index in [4.69, 9.17) is 9.84 Å². The minimum atomic E-state index is -0.760. The lowest BCUT2D eigenvalue weighted by molar-refractivity contribution is -0.136. The van der Waals surface area contributed by atoms with Crippen molar-refractivity contribution in [2.75, 3.05) is 18.0 Å². The fraction of sp³-hybridized carbons (Fsp3) is 0.562. The zero-order valence-electron chi connectivity index (χ0n) is 12.2. The minimum Gasteiger partial charge on any atom is -0.481 e. The lowest BCUT2D eigenvalue weighted by atomic mass is 10.1. The topological polar surface area (TPSA) is 49.8 Å². The molecule has 2 rings (SSSR count). The van der Waals surface area contributed by atoms with Gasteiger partial charge in [0.25, 0.3) is 0 Å². The maximum Gasteiger partial charge on any atom is 0.305 e. The molecule has 1 fully saturated rings. The van der Waals surface area contributed by atoms with Crippen LogP contribution in [0.2, 0.25) is 0 Å². The van der Waals surface area contributed by atoms with Gasteiger partial charge < -0.3 is 14.7 Å². The molecule has 2 unspecified atom stereocenters. The van der Waals surface area contributed by atoms with Gasteiger partial charge in [0.2, 0.25) is 0 Å². The summed E-state index contributed by atoms with van der Waals surface area (Å²) in [7, 11) is 0. The normalized spacial score (nSPS) is 21.9. The molecule has 110 valence electrons. The monoisotopic (exact) mass is 277 g/mol. The second-order valence-corrected chi connectivity index (χ2v) is 5.52. The van der Waals surface area contributed by atoms with E-state index < -0.39 is 5.97 Å². The van der Waals surface area contributed by atoms with Gasteiger partial charge in [0.1, 0.15) is 0 Å². The van der Waals surface area contributed by atoms with Crippen LogP contribution in [0.3, 0.4) is 0 Å². The van der Waals surface area contributed by atoms with Gasteiger partial charge in [-0.05, 0) is 38.3 Å². The van der Waals surface area contributed by atoms with Gasteiger partial charge in [0, 0.05) is 18.8 Å². The number of carbonyl (C=O) groups is 1. The highest BCUT2D eigenvalue weighted by atomic mass is 16.5. The van der Waals surface area contributed by atoms with Crippen LogP contribution in [0.25, 0.3) is 0 Å². The van der Waals surface area contributed by atoms with Crippen LogP contribution in [-0.4, -0.2) is 36.4 Å². The Balaban J connectivity index is 2.08. The Hall–Kier alpha value is -1.55. The third kappa shape index (κ3) is 3.97. The lowest BCUT2D eigenvalue weighted by Gasteiger charge is -2.28. The van der Waals surface area contributed by atoms with E-state index in [2.05, 4.69) is 30.9 Å². The van der Waals surface area contributed by atoms with Crippen molar-refractivity contribution >= 4 is 11.7 Å². The summed E-state index contributed by atoms with van der Waals surface area (Å²) in [4.78, 5) is 13.0. The SMILES string of the molecule is Cc1ccccc1N(CCC(=O)O)CC1CCC(C)O1. The molecule has 1 aliphatic rings. The number of carboxylic acids is 1. The summed E-state index contributed by atoms with van der Waals surface area (Å²) in [6.07, 6.45) is 2.81. The summed E-state index contributed by atoms with van der Waals surface area (Å²) in [5.41, 5.74) is 2.28. The molecule has 0 bridgehead atoms. The van der Waals surface area contributed by atoms with Crippen molar-refractivity contribution in [2.45, 2.75) is 45.3 Å². The molecule has 1 heterocycles. The smallest absolute Gasteiger partial charge is 0.305 e. The number of nitrogens with zero attached hydrogens (tertiary/aromatic N) is 1. The standard InChI is InChI=1S/C16H23NO3/c1-12-5-3-4-6-15(12)17(10-9-16(18)19)11-14-8-7-13(2)20-14/h3-6,13-14H,7-11H2,1-2H3,(H,18,19). The Bertz CT molecular complexity index is 461. The zero-order chi connectivity index (χ0) is 14.5. The first-order valence-electron chi connectivity index (χ1n) is 7.24. The van der Waals surface area contributed by atoms with Gasteiger partial charge in [-0.2, -0.15) is 0 Å². The van der Waals surface area contributed by atoms with E-state index in [1.165, 1.54) is 5.56 Å². The molecule has 0 spiro atoms. The molecule has 0 amide bonds. The molecular formula is C16H23NO3. The van der Waals surface area contributed by atoms with E-state index in [0.717, 1.165) is 25.1 Å². The van der Waals surface area contributed by atoms with Gasteiger partial charge in [-0.3, -0.25) is 4.79 Å². The third-order valence-corrected chi connectivity index (χ3v) is 3.80. The molecule has 4 heteroatoms. The fourth-order valence-corrected chi connectivity index (χ4v) is 2.72. The van der Waals surface area contributed by atoms with Crippen molar-refractivity contribution in [1.82, 2.24) is 0 Å². The molecule has 1 aliphatic heterocycles. The number of ether oxygens (including phenoxy) is 1. The predicted molar refractivity (Wildman–Crippen MR) is 79.2 cm³/mol. The van der Waals surface area contributed by atoms with Gasteiger partial charge in [-0.25, -0.2) is 0 Å². The number of aryl methyl sites for hydroxylation is 1. The fourth-order valence-electron chi connectivity index (χ4n) is 2.72. The van der Waals surface area contributed by atoms with Crippen molar-refractivity contribution in [3.8, 4) is 0 Å². The van der Waals surface area contributed by atoms with Crippen LogP contribution in [-0.2, 0) is 9.53 Å². The first kappa shape index (κ1) is 14.9. The Morgan fingerprint density at radius 1 is 1.40 bits per heavy atom. The maximum absolute atomic E-state index is 10.9. The third-order valence-electron chi connectivity index (χ3n) is 3.80. The van der Waals surface area contributed by atoms with Crippen LogP contribution >= 0.6 is 0 Å². The Morgan fingerprint density at radius 3 is 2.75 bits per heavy atom. The average Bonchev–Trinajstić information content (AvgIpc) is 2.81. The molecule has 1 aromatic carbocycles. The van der Waals surface area contributed by atoms with Crippen molar-refractivity contribution in [1.29, 1.82) is 0 Å². The largest absolute Gasteiger partial charge is 0.481 e. The number of hydrogen-bond acceptors (Lipinski definition) is 3. The summed E-state index contributed by atoms with van der Waals surface area (Å²) < 4.78 is 5.87. The first-order chi connectivity index (χ1) is 9.56. The number of hydrogen-bond donors (Lipinski definition) is 1. The van der Waals surface area contributed by atoms with E-state index in [0.29, 0.717) is 12.6 Å². The highest BCUT2D eigenvalue weighted by molar-refractivity contribution is 5.68. The number of para-hydroxylation sites is 1. The lowest BCUT2D eigenvalue weighted by Crippen LogP contribution is -2.34. The second kappa shape index (κ2) is 6.75. The minimum absolute atomic E-state index is 0.149. The van der Waals surface area contributed by atoms with Crippen molar-refractivity contribution < 1.29 is 14.6 Å². The molecule has 0 aromatic heterocycles.